The Bertz CT molecular complexity index is 743. The molecular formula is C23H30N2O2. The minimum atomic E-state index is -0.514. The van der Waals surface area contributed by atoms with Crippen LogP contribution in [-0.4, -0.2) is 29.3 Å². The topological polar surface area (TPSA) is 49.4 Å². The van der Waals surface area contributed by atoms with Gasteiger partial charge in [0.15, 0.2) is 0 Å². The third-order valence-electron chi connectivity index (χ3n) is 4.63. The van der Waals surface area contributed by atoms with E-state index < -0.39 is 6.04 Å². The van der Waals surface area contributed by atoms with Crippen LogP contribution in [0.1, 0.15) is 43.4 Å². The van der Waals surface area contributed by atoms with Gasteiger partial charge in [0.1, 0.15) is 6.04 Å². The first kappa shape index (κ1) is 20.7. The highest BCUT2D eigenvalue weighted by atomic mass is 16.2. The fraction of sp³-hybridized carbons (Fsp3) is 0.391. The number of unbranched alkanes of at least 4 members (excludes halogenated alkanes) is 1. The number of hydrogen-bond donors (Lipinski definition) is 1. The Morgan fingerprint density at radius 1 is 1.04 bits per heavy atom. The fourth-order valence-electron chi connectivity index (χ4n) is 3.00. The van der Waals surface area contributed by atoms with Crippen molar-refractivity contribution in [2.75, 3.05) is 6.54 Å². The molecule has 0 unspecified atom stereocenters. The molecule has 0 aliphatic rings. The van der Waals surface area contributed by atoms with E-state index >= 15 is 0 Å². The summed E-state index contributed by atoms with van der Waals surface area (Å²) in [6, 6.07) is 17.2. The second-order valence-corrected chi connectivity index (χ2v) is 6.99. The number of benzene rings is 2. The molecule has 0 saturated heterocycles. The van der Waals surface area contributed by atoms with Crippen LogP contribution >= 0.6 is 0 Å². The van der Waals surface area contributed by atoms with Gasteiger partial charge in [0, 0.05) is 13.1 Å². The fourth-order valence-corrected chi connectivity index (χ4v) is 3.00. The Hall–Kier alpha value is -2.62. The number of rotatable bonds is 9. The lowest BCUT2D eigenvalue weighted by atomic mass is 10.1. The van der Waals surface area contributed by atoms with Gasteiger partial charge in [-0.15, -0.1) is 0 Å². The average Bonchev–Trinajstić information content (AvgIpc) is 2.66. The molecule has 0 saturated carbocycles. The molecule has 0 aromatic heterocycles. The van der Waals surface area contributed by atoms with Crippen LogP contribution in [0.3, 0.4) is 0 Å². The minimum Gasteiger partial charge on any atom is -0.354 e. The van der Waals surface area contributed by atoms with Crippen molar-refractivity contribution < 1.29 is 9.59 Å². The highest BCUT2D eigenvalue weighted by Crippen LogP contribution is 2.13. The molecule has 2 rings (SSSR count). The van der Waals surface area contributed by atoms with E-state index in [2.05, 4.69) is 12.2 Å². The summed E-state index contributed by atoms with van der Waals surface area (Å²) in [5.41, 5.74) is 3.11. The highest BCUT2D eigenvalue weighted by Gasteiger charge is 2.25. The third-order valence-corrected chi connectivity index (χ3v) is 4.63. The lowest BCUT2D eigenvalue weighted by molar-refractivity contribution is -0.140. The van der Waals surface area contributed by atoms with E-state index in [0.29, 0.717) is 19.5 Å². The molecule has 0 spiro atoms. The second-order valence-electron chi connectivity index (χ2n) is 6.99. The van der Waals surface area contributed by atoms with Crippen LogP contribution in [0.5, 0.6) is 0 Å². The van der Waals surface area contributed by atoms with Gasteiger partial charge in [-0.25, -0.2) is 0 Å². The summed E-state index contributed by atoms with van der Waals surface area (Å²) in [4.78, 5) is 27.3. The van der Waals surface area contributed by atoms with Gasteiger partial charge in [-0.3, -0.25) is 9.59 Å². The summed E-state index contributed by atoms with van der Waals surface area (Å²) in [6.07, 6.45) is 2.25. The van der Waals surface area contributed by atoms with E-state index in [1.807, 2.05) is 61.5 Å². The molecule has 1 atom stereocenters. The first-order valence-electron chi connectivity index (χ1n) is 9.68. The van der Waals surface area contributed by atoms with E-state index in [0.717, 1.165) is 29.5 Å². The normalized spacial score (nSPS) is 11.7. The Morgan fingerprint density at radius 3 is 2.41 bits per heavy atom. The molecule has 0 heterocycles. The summed E-state index contributed by atoms with van der Waals surface area (Å²) in [6.45, 7) is 6.97. The SMILES string of the molecule is CCCCNC(=O)[C@@H](C)N(Cc1ccccc1)C(=O)Cc1cccc(C)c1. The van der Waals surface area contributed by atoms with Gasteiger partial charge in [-0.1, -0.05) is 73.5 Å². The summed E-state index contributed by atoms with van der Waals surface area (Å²) >= 11 is 0. The van der Waals surface area contributed by atoms with Gasteiger partial charge in [-0.2, -0.15) is 0 Å². The zero-order valence-corrected chi connectivity index (χ0v) is 16.6. The van der Waals surface area contributed by atoms with Crippen molar-refractivity contribution >= 4 is 11.8 Å². The number of hydrogen-bond acceptors (Lipinski definition) is 2. The Morgan fingerprint density at radius 2 is 1.74 bits per heavy atom. The second kappa shape index (κ2) is 10.5. The summed E-state index contributed by atoms with van der Waals surface area (Å²) in [7, 11) is 0. The lowest BCUT2D eigenvalue weighted by Crippen LogP contribution is -2.48. The first-order valence-corrected chi connectivity index (χ1v) is 9.68. The molecule has 144 valence electrons. The number of nitrogens with one attached hydrogen (secondary N) is 1. The molecule has 2 aromatic carbocycles. The van der Waals surface area contributed by atoms with Crippen molar-refractivity contribution in [3.8, 4) is 0 Å². The van der Waals surface area contributed by atoms with E-state index in [1.165, 1.54) is 0 Å². The summed E-state index contributed by atoms with van der Waals surface area (Å²) in [5, 5.41) is 2.94. The molecule has 0 aliphatic heterocycles. The van der Waals surface area contributed by atoms with Crippen molar-refractivity contribution in [1.82, 2.24) is 10.2 Å². The maximum Gasteiger partial charge on any atom is 0.242 e. The van der Waals surface area contributed by atoms with Gasteiger partial charge in [-0.05, 0) is 31.4 Å². The molecule has 0 fully saturated rings. The first-order chi connectivity index (χ1) is 13.0. The molecule has 2 amide bonds. The zero-order chi connectivity index (χ0) is 19.6. The Kier molecular flexibility index (Phi) is 8.05. The molecule has 27 heavy (non-hydrogen) atoms. The number of amides is 2. The van der Waals surface area contributed by atoms with E-state index in [1.54, 1.807) is 11.8 Å². The molecule has 0 radical (unpaired) electrons. The Labute approximate surface area is 162 Å². The van der Waals surface area contributed by atoms with Crippen molar-refractivity contribution in [2.45, 2.75) is 52.6 Å². The summed E-state index contributed by atoms with van der Waals surface area (Å²) in [5.74, 6) is -0.139. The molecule has 0 bridgehead atoms. The van der Waals surface area contributed by atoms with Gasteiger partial charge >= 0.3 is 0 Å². The van der Waals surface area contributed by atoms with Crippen molar-refractivity contribution in [1.29, 1.82) is 0 Å². The lowest BCUT2D eigenvalue weighted by Gasteiger charge is -2.29. The highest BCUT2D eigenvalue weighted by molar-refractivity contribution is 5.88. The molecular weight excluding hydrogens is 336 g/mol. The van der Waals surface area contributed by atoms with Crippen LogP contribution in [0.2, 0.25) is 0 Å². The van der Waals surface area contributed by atoms with Crippen LogP contribution in [-0.2, 0) is 22.6 Å². The Balaban J connectivity index is 2.15. The van der Waals surface area contributed by atoms with Gasteiger partial charge < -0.3 is 10.2 Å². The largest absolute Gasteiger partial charge is 0.354 e. The van der Waals surface area contributed by atoms with Crippen LogP contribution in [0.15, 0.2) is 54.6 Å². The van der Waals surface area contributed by atoms with Gasteiger partial charge in [0.2, 0.25) is 11.8 Å². The average molecular weight is 367 g/mol. The quantitative estimate of drug-likeness (QED) is 0.685. The molecule has 4 heteroatoms. The van der Waals surface area contributed by atoms with Crippen LogP contribution in [0.25, 0.3) is 0 Å². The van der Waals surface area contributed by atoms with Crippen LogP contribution < -0.4 is 5.32 Å². The number of carbonyl (C=O) groups is 2. The van der Waals surface area contributed by atoms with E-state index in [4.69, 9.17) is 0 Å². The van der Waals surface area contributed by atoms with Crippen molar-refractivity contribution in [3.05, 3.63) is 71.3 Å². The smallest absolute Gasteiger partial charge is 0.242 e. The zero-order valence-electron chi connectivity index (χ0n) is 16.6. The predicted octanol–water partition coefficient (Wildman–Crippen LogP) is 3.87. The van der Waals surface area contributed by atoms with E-state index in [9.17, 15) is 9.59 Å². The van der Waals surface area contributed by atoms with Crippen molar-refractivity contribution in [3.63, 3.8) is 0 Å². The summed E-state index contributed by atoms with van der Waals surface area (Å²) < 4.78 is 0. The minimum absolute atomic E-state index is 0.0393. The number of carbonyl (C=O) groups excluding carboxylic acids is 2. The van der Waals surface area contributed by atoms with Crippen LogP contribution in [0, 0.1) is 6.92 Å². The van der Waals surface area contributed by atoms with Crippen LogP contribution in [0.4, 0.5) is 0 Å². The standard InChI is InChI=1S/C23H30N2O2/c1-4-5-14-24-23(27)19(3)25(17-20-11-7-6-8-12-20)22(26)16-21-13-9-10-18(2)15-21/h6-13,15,19H,4-5,14,16-17H2,1-3H3,(H,24,27)/t19-/m1/s1. The molecule has 1 N–H and O–H groups in total. The van der Waals surface area contributed by atoms with Gasteiger partial charge in [0.05, 0.1) is 6.42 Å². The monoisotopic (exact) mass is 366 g/mol. The molecule has 0 aliphatic carbocycles. The molecule has 4 nitrogen and oxygen atoms in total. The molecule has 2 aromatic rings. The number of nitrogens with zero attached hydrogens (tertiary/aromatic N) is 1. The third kappa shape index (κ3) is 6.55. The van der Waals surface area contributed by atoms with Crippen molar-refractivity contribution in [2.24, 2.45) is 0 Å². The predicted molar refractivity (Wildman–Crippen MR) is 109 cm³/mol. The number of aryl methyl sites for hydroxylation is 1. The maximum atomic E-state index is 13.1. The van der Waals surface area contributed by atoms with E-state index in [-0.39, 0.29) is 11.8 Å². The van der Waals surface area contributed by atoms with Gasteiger partial charge in [0.25, 0.3) is 0 Å². The maximum absolute atomic E-state index is 13.1.